The molecule has 0 aromatic carbocycles. The van der Waals surface area contributed by atoms with Crippen LogP contribution in [0.3, 0.4) is 0 Å². The van der Waals surface area contributed by atoms with Gasteiger partial charge in [-0.15, -0.1) is 0 Å². The summed E-state index contributed by atoms with van der Waals surface area (Å²) in [6, 6.07) is 0.277. The number of aliphatic hydroxyl groups excluding tert-OH is 1. The van der Waals surface area contributed by atoms with Crippen molar-refractivity contribution >= 4 is 5.91 Å². The zero-order valence-electron chi connectivity index (χ0n) is 12.3. The van der Waals surface area contributed by atoms with E-state index in [4.69, 9.17) is 4.74 Å². The molecule has 4 unspecified atom stereocenters. The van der Waals surface area contributed by atoms with Crippen molar-refractivity contribution in [3.05, 3.63) is 0 Å². The minimum Gasteiger partial charge on any atom is -0.393 e. The maximum atomic E-state index is 12.5. The van der Waals surface area contributed by atoms with Crippen molar-refractivity contribution in [2.45, 2.75) is 76.0 Å². The predicted octanol–water partition coefficient (Wildman–Crippen LogP) is 2.10. The molecule has 3 fully saturated rings. The largest absolute Gasteiger partial charge is 0.393 e. The fourth-order valence-corrected chi connectivity index (χ4v) is 4.25. The van der Waals surface area contributed by atoms with Gasteiger partial charge in [0.05, 0.1) is 18.6 Å². The molecule has 2 heterocycles. The third kappa shape index (κ3) is 3.01. The summed E-state index contributed by atoms with van der Waals surface area (Å²) in [5, 5.41) is 10.3. The molecule has 1 N–H and O–H groups in total. The molecule has 114 valence electrons. The van der Waals surface area contributed by atoms with Crippen molar-refractivity contribution in [2.75, 3.05) is 13.2 Å². The predicted molar refractivity (Wildman–Crippen MR) is 76.3 cm³/mol. The lowest BCUT2D eigenvalue weighted by Gasteiger charge is -2.37. The summed E-state index contributed by atoms with van der Waals surface area (Å²) in [4.78, 5) is 14.6. The molecule has 0 bridgehead atoms. The minimum absolute atomic E-state index is 0.139. The number of ether oxygens (including phenoxy) is 1. The van der Waals surface area contributed by atoms with E-state index < -0.39 is 0 Å². The van der Waals surface area contributed by atoms with Crippen LogP contribution in [0.15, 0.2) is 0 Å². The molecule has 3 rings (SSSR count). The summed E-state index contributed by atoms with van der Waals surface area (Å²) in [5.74, 6) is 0.553. The SMILES string of the molecule is O=C(CC1CCCO1)N1CCCC1C1CCCCC1O. The average molecular weight is 281 g/mol. The Kier molecular flexibility index (Phi) is 4.61. The van der Waals surface area contributed by atoms with Gasteiger partial charge in [0.15, 0.2) is 0 Å². The fraction of sp³-hybridized carbons (Fsp3) is 0.938. The lowest BCUT2D eigenvalue weighted by atomic mass is 9.80. The summed E-state index contributed by atoms with van der Waals surface area (Å²) in [7, 11) is 0. The van der Waals surface area contributed by atoms with Gasteiger partial charge in [-0.25, -0.2) is 0 Å². The van der Waals surface area contributed by atoms with Crippen LogP contribution in [0.25, 0.3) is 0 Å². The fourth-order valence-electron chi connectivity index (χ4n) is 4.25. The van der Waals surface area contributed by atoms with E-state index in [1.807, 2.05) is 0 Å². The zero-order chi connectivity index (χ0) is 13.9. The molecule has 0 radical (unpaired) electrons. The van der Waals surface area contributed by atoms with Crippen LogP contribution in [0, 0.1) is 5.92 Å². The first-order chi connectivity index (χ1) is 9.75. The molecule has 0 spiro atoms. The van der Waals surface area contributed by atoms with Crippen LogP contribution in [0.2, 0.25) is 0 Å². The van der Waals surface area contributed by atoms with Crippen LogP contribution in [0.1, 0.15) is 57.8 Å². The zero-order valence-corrected chi connectivity index (χ0v) is 12.3. The number of amides is 1. The van der Waals surface area contributed by atoms with E-state index in [0.717, 1.165) is 58.1 Å². The summed E-state index contributed by atoms with van der Waals surface area (Å²) in [6.07, 6.45) is 9.07. The first-order valence-corrected chi connectivity index (χ1v) is 8.35. The first-order valence-electron chi connectivity index (χ1n) is 8.35. The van der Waals surface area contributed by atoms with Crippen LogP contribution in [0.4, 0.5) is 0 Å². The lowest BCUT2D eigenvalue weighted by molar-refractivity contribution is -0.136. The molecule has 0 aromatic heterocycles. The van der Waals surface area contributed by atoms with Crippen molar-refractivity contribution in [3.63, 3.8) is 0 Å². The molecule has 1 amide bonds. The molecular weight excluding hydrogens is 254 g/mol. The number of aliphatic hydroxyl groups is 1. The van der Waals surface area contributed by atoms with Gasteiger partial charge in [-0.1, -0.05) is 12.8 Å². The van der Waals surface area contributed by atoms with Gasteiger partial charge in [0, 0.05) is 25.1 Å². The quantitative estimate of drug-likeness (QED) is 0.862. The molecule has 20 heavy (non-hydrogen) atoms. The number of nitrogens with zero attached hydrogens (tertiary/aromatic N) is 1. The van der Waals surface area contributed by atoms with E-state index >= 15 is 0 Å². The average Bonchev–Trinajstić information content (AvgIpc) is 3.09. The van der Waals surface area contributed by atoms with Gasteiger partial charge in [-0.05, 0) is 38.5 Å². The van der Waals surface area contributed by atoms with Crippen LogP contribution in [0.5, 0.6) is 0 Å². The van der Waals surface area contributed by atoms with Gasteiger partial charge < -0.3 is 14.7 Å². The summed E-state index contributed by atoms with van der Waals surface area (Å²) >= 11 is 0. The highest BCUT2D eigenvalue weighted by Gasteiger charge is 2.39. The van der Waals surface area contributed by atoms with Crippen LogP contribution in [-0.4, -0.2) is 47.3 Å². The second kappa shape index (κ2) is 6.44. The molecule has 4 atom stereocenters. The van der Waals surface area contributed by atoms with Gasteiger partial charge in [0.25, 0.3) is 0 Å². The Hall–Kier alpha value is -0.610. The second-order valence-corrected chi connectivity index (χ2v) is 6.65. The molecule has 4 nitrogen and oxygen atoms in total. The van der Waals surface area contributed by atoms with E-state index in [1.165, 1.54) is 6.42 Å². The van der Waals surface area contributed by atoms with Crippen molar-refractivity contribution in [1.29, 1.82) is 0 Å². The molecule has 2 saturated heterocycles. The number of carbonyl (C=O) groups is 1. The Bertz CT molecular complexity index is 341. The number of rotatable bonds is 3. The van der Waals surface area contributed by atoms with Crippen molar-refractivity contribution in [3.8, 4) is 0 Å². The minimum atomic E-state index is -0.204. The Morgan fingerprint density at radius 2 is 1.95 bits per heavy atom. The van der Waals surface area contributed by atoms with Crippen LogP contribution in [-0.2, 0) is 9.53 Å². The normalized spacial score (nSPS) is 38.4. The van der Waals surface area contributed by atoms with Crippen LogP contribution < -0.4 is 0 Å². The monoisotopic (exact) mass is 281 g/mol. The topological polar surface area (TPSA) is 49.8 Å². The molecule has 1 saturated carbocycles. The highest BCUT2D eigenvalue weighted by molar-refractivity contribution is 5.77. The van der Waals surface area contributed by atoms with Crippen LogP contribution >= 0.6 is 0 Å². The van der Waals surface area contributed by atoms with Crippen molar-refractivity contribution in [2.24, 2.45) is 5.92 Å². The summed E-state index contributed by atoms with van der Waals surface area (Å²) in [6.45, 7) is 1.68. The highest BCUT2D eigenvalue weighted by Crippen LogP contribution is 2.35. The maximum absolute atomic E-state index is 12.5. The van der Waals surface area contributed by atoms with E-state index in [1.54, 1.807) is 0 Å². The lowest BCUT2D eigenvalue weighted by Crippen LogP contribution is -2.45. The van der Waals surface area contributed by atoms with Gasteiger partial charge in [-0.2, -0.15) is 0 Å². The van der Waals surface area contributed by atoms with Gasteiger partial charge >= 0.3 is 0 Å². The first kappa shape index (κ1) is 14.3. The summed E-state index contributed by atoms with van der Waals surface area (Å²) < 4.78 is 5.59. The Balaban J connectivity index is 1.60. The van der Waals surface area contributed by atoms with E-state index in [2.05, 4.69) is 4.90 Å². The number of hydrogen-bond donors (Lipinski definition) is 1. The molecule has 3 aliphatic rings. The Labute approximate surface area is 121 Å². The van der Waals surface area contributed by atoms with Gasteiger partial charge in [0.2, 0.25) is 5.91 Å². The Morgan fingerprint density at radius 1 is 1.10 bits per heavy atom. The van der Waals surface area contributed by atoms with E-state index in [9.17, 15) is 9.90 Å². The molecule has 2 aliphatic heterocycles. The molecule has 0 aromatic rings. The van der Waals surface area contributed by atoms with Gasteiger partial charge in [0.1, 0.15) is 0 Å². The molecule has 1 aliphatic carbocycles. The van der Waals surface area contributed by atoms with E-state index in [0.29, 0.717) is 12.3 Å². The smallest absolute Gasteiger partial charge is 0.225 e. The summed E-state index contributed by atoms with van der Waals surface area (Å²) in [5.41, 5.74) is 0. The molecule has 4 heteroatoms. The number of carbonyl (C=O) groups excluding carboxylic acids is 1. The van der Waals surface area contributed by atoms with Crippen molar-refractivity contribution in [1.82, 2.24) is 4.90 Å². The number of likely N-dealkylation sites (tertiary alicyclic amines) is 1. The third-order valence-electron chi connectivity index (χ3n) is 5.32. The number of hydrogen-bond acceptors (Lipinski definition) is 3. The van der Waals surface area contributed by atoms with Gasteiger partial charge in [-0.3, -0.25) is 4.79 Å². The highest BCUT2D eigenvalue weighted by atomic mass is 16.5. The molecular formula is C16H27NO3. The standard InChI is InChI=1S/C16H27NO3/c18-15-8-2-1-6-13(15)14-7-3-9-17(14)16(19)11-12-5-4-10-20-12/h12-15,18H,1-11H2. The maximum Gasteiger partial charge on any atom is 0.225 e. The third-order valence-corrected chi connectivity index (χ3v) is 5.32. The van der Waals surface area contributed by atoms with E-state index in [-0.39, 0.29) is 24.2 Å². The second-order valence-electron chi connectivity index (χ2n) is 6.65. The Morgan fingerprint density at radius 3 is 2.70 bits per heavy atom. The van der Waals surface area contributed by atoms with Crippen molar-refractivity contribution < 1.29 is 14.6 Å².